The Morgan fingerprint density at radius 3 is 2.78 bits per heavy atom. The van der Waals surface area contributed by atoms with Crippen molar-refractivity contribution >= 4 is 11.0 Å². The highest BCUT2D eigenvalue weighted by atomic mass is 16.3. The van der Waals surface area contributed by atoms with Crippen LogP contribution in [-0.4, -0.2) is 20.8 Å². The first kappa shape index (κ1) is 13.1. The van der Waals surface area contributed by atoms with Crippen LogP contribution < -0.4 is 0 Å². The molecule has 0 bridgehead atoms. The molecule has 1 aromatic heterocycles. The summed E-state index contributed by atoms with van der Waals surface area (Å²) in [4.78, 5) is 4.66. The average molecular weight is 246 g/mol. The van der Waals surface area contributed by atoms with E-state index in [1.54, 1.807) is 0 Å². The summed E-state index contributed by atoms with van der Waals surface area (Å²) in [6.07, 6.45) is 3.82. The van der Waals surface area contributed by atoms with E-state index in [-0.39, 0.29) is 6.10 Å². The number of rotatable bonds is 6. The van der Waals surface area contributed by atoms with E-state index in [2.05, 4.69) is 34.7 Å². The maximum absolute atomic E-state index is 9.26. The average Bonchev–Trinajstić information content (AvgIpc) is 2.72. The molecule has 1 aromatic carbocycles. The zero-order chi connectivity index (χ0) is 13.0. The predicted molar refractivity (Wildman–Crippen MR) is 74.6 cm³/mol. The van der Waals surface area contributed by atoms with E-state index >= 15 is 0 Å². The summed E-state index contributed by atoms with van der Waals surface area (Å²) in [6, 6.07) is 8.30. The number of unbranched alkanes of at least 4 members (excludes halogenated alkanes) is 1. The van der Waals surface area contributed by atoms with Crippen molar-refractivity contribution in [3.8, 4) is 0 Å². The number of benzene rings is 1. The van der Waals surface area contributed by atoms with Crippen molar-refractivity contribution in [1.29, 1.82) is 0 Å². The fraction of sp³-hybridized carbons (Fsp3) is 0.533. The number of aliphatic hydroxyl groups excluding tert-OH is 1. The molecule has 98 valence electrons. The van der Waals surface area contributed by atoms with Gasteiger partial charge in [0.05, 0.1) is 17.1 Å². The van der Waals surface area contributed by atoms with Gasteiger partial charge >= 0.3 is 0 Å². The number of imidazole rings is 1. The molecule has 1 unspecified atom stereocenters. The Morgan fingerprint density at radius 2 is 2.06 bits per heavy atom. The maximum atomic E-state index is 9.26. The molecule has 18 heavy (non-hydrogen) atoms. The van der Waals surface area contributed by atoms with Crippen LogP contribution in [0.1, 0.15) is 38.9 Å². The van der Waals surface area contributed by atoms with E-state index in [0.717, 1.165) is 43.6 Å². The Kier molecular flexibility index (Phi) is 4.37. The number of aromatic nitrogens is 2. The minimum absolute atomic E-state index is 0.185. The van der Waals surface area contributed by atoms with Crippen LogP contribution >= 0.6 is 0 Å². The molecule has 0 aliphatic heterocycles. The second-order valence-corrected chi connectivity index (χ2v) is 4.87. The Labute approximate surface area is 108 Å². The van der Waals surface area contributed by atoms with Crippen molar-refractivity contribution in [2.75, 3.05) is 0 Å². The molecular weight excluding hydrogens is 224 g/mol. The summed E-state index contributed by atoms with van der Waals surface area (Å²) in [7, 11) is 0. The van der Waals surface area contributed by atoms with Gasteiger partial charge < -0.3 is 9.67 Å². The molecule has 2 rings (SSSR count). The van der Waals surface area contributed by atoms with Crippen LogP contribution in [-0.2, 0) is 13.0 Å². The van der Waals surface area contributed by atoms with Gasteiger partial charge in [-0.1, -0.05) is 19.1 Å². The lowest BCUT2D eigenvalue weighted by Crippen LogP contribution is -2.05. The zero-order valence-corrected chi connectivity index (χ0v) is 11.3. The fourth-order valence-corrected chi connectivity index (χ4v) is 2.35. The Morgan fingerprint density at radius 1 is 1.28 bits per heavy atom. The third-order valence-corrected chi connectivity index (χ3v) is 3.30. The van der Waals surface area contributed by atoms with Gasteiger partial charge in [-0.2, -0.15) is 0 Å². The molecule has 0 radical (unpaired) electrons. The van der Waals surface area contributed by atoms with Gasteiger partial charge in [-0.3, -0.25) is 0 Å². The summed E-state index contributed by atoms with van der Waals surface area (Å²) >= 11 is 0. The molecule has 0 saturated carbocycles. The molecule has 0 fully saturated rings. The highest BCUT2D eigenvalue weighted by Crippen LogP contribution is 2.17. The summed E-state index contributed by atoms with van der Waals surface area (Å²) in [5, 5.41) is 9.26. The van der Waals surface area contributed by atoms with Crippen LogP contribution in [0.25, 0.3) is 11.0 Å². The van der Waals surface area contributed by atoms with Crippen LogP contribution in [0.3, 0.4) is 0 Å². The number of hydrogen-bond donors (Lipinski definition) is 1. The van der Waals surface area contributed by atoms with Gasteiger partial charge in [-0.15, -0.1) is 0 Å². The Balaban J connectivity index is 2.10. The molecular formula is C15H22N2O. The van der Waals surface area contributed by atoms with Crippen molar-refractivity contribution < 1.29 is 5.11 Å². The topological polar surface area (TPSA) is 38.0 Å². The molecule has 1 atom stereocenters. The van der Waals surface area contributed by atoms with Gasteiger partial charge in [-0.25, -0.2) is 4.98 Å². The Bertz CT molecular complexity index is 502. The fourth-order valence-electron chi connectivity index (χ4n) is 2.35. The van der Waals surface area contributed by atoms with E-state index < -0.39 is 0 Å². The molecule has 3 nitrogen and oxygen atoms in total. The first-order valence-corrected chi connectivity index (χ1v) is 6.84. The standard InChI is InChI=1S/C15H22N2O/c1-3-15-16-13-9-4-5-10-14(13)17(15)11-7-6-8-12(2)18/h4-5,9-10,12,18H,3,6-8,11H2,1-2H3. The molecule has 1 N–H and O–H groups in total. The van der Waals surface area contributed by atoms with E-state index in [4.69, 9.17) is 0 Å². The smallest absolute Gasteiger partial charge is 0.109 e. The van der Waals surface area contributed by atoms with Gasteiger partial charge in [0.2, 0.25) is 0 Å². The van der Waals surface area contributed by atoms with Crippen LogP contribution in [0.2, 0.25) is 0 Å². The quantitative estimate of drug-likeness (QED) is 0.795. The lowest BCUT2D eigenvalue weighted by molar-refractivity contribution is 0.180. The Hall–Kier alpha value is -1.35. The van der Waals surface area contributed by atoms with E-state index in [1.807, 2.05) is 13.0 Å². The van der Waals surface area contributed by atoms with Crippen molar-refractivity contribution in [3.05, 3.63) is 30.1 Å². The number of nitrogens with zero attached hydrogens (tertiary/aromatic N) is 2. The van der Waals surface area contributed by atoms with Crippen LogP contribution in [0.5, 0.6) is 0 Å². The second kappa shape index (κ2) is 6.01. The lowest BCUT2D eigenvalue weighted by atomic mass is 10.2. The number of para-hydroxylation sites is 2. The molecule has 1 heterocycles. The van der Waals surface area contributed by atoms with Gasteiger partial charge in [0.25, 0.3) is 0 Å². The highest BCUT2D eigenvalue weighted by Gasteiger charge is 2.08. The summed E-state index contributed by atoms with van der Waals surface area (Å²) in [6.45, 7) is 4.99. The van der Waals surface area contributed by atoms with Crippen molar-refractivity contribution in [1.82, 2.24) is 9.55 Å². The first-order chi connectivity index (χ1) is 8.72. The predicted octanol–water partition coefficient (Wildman–Crippen LogP) is 3.15. The third kappa shape index (κ3) is 2.91. The summed E-state index contributed by atoms with van der Waals surface area (Å²) < 4.78 is 2.32. The molecule has 0 aliphatic carbocycles. The number of aryl methyl sites for hydroxylation is 2. The number of fused-ring (bicyclic) bond motifs is 1. The number of hydrogen-bond acceptors (Lipinski definition) is 2. The zero-order valence-electron chi connectivity index (χ0n) is 11.3. The monoisotopic (exact) mass is 246 g/mol. The minimum atomic E-state index is -0.185. The molecule has 2 aromatic rings. The van der Waals surface area contributed by atoms with Crippen molar-refractivity contribution in [3.63, 3.8) is 0 Å². The van der Waals surface area contributed by atoms with Gasteiger partial charge in [-0.05, 0) is 38.3 Å². The van der Waals surface area contributed by atoms with Gasteiger partial charge in [0.15, 0.2) is 0 Å². The summed E-state index contributed by atoms with van der Waals surface area (Å²) in [5.41, 5.74) is 2.32. The van der Waals surface area contributed by atoms with Crippen molar-refractivity contribution in [2.24, 2.45) is 0 Å². The first-order valence-electron chi connectivity index (χ1n) is 6.84. The highest BCUT2D eigenvalue weighted by molar-refractivity contribution is 5.75. The van der Waals surface area contributed by atoms with E-state index in [9.17, 15) is 5.11 Å². The molecule has 0 aliphatic rings. The van der Waals surface area contributed by atoms with Gasteiger partial charge in [0, 0.05) is 13.0 Å². The maximum Gasteiger partial charge on any atom is 0.109 e. The van der Waals surface area contributed by atoms with Crippen LogP contribution in [0.15, 0.2) is 24.3 Å². The van der Waals surface area contributed by atoms with Gasteiger partial charge in [0.1, 0.15) is 5.82 Å². The van der Waals surface area contributed by atoms with Crippen molar-refractivity contribution in [2.45, 2.75) is 52.2 Å². The largest absolute Gasteiger partial charge is 0.393 e. The van der Waals surface area contributed by atoms with E-state index in [1.165, 1.54) is 5.52 Å². The SMILES string of the molecule is CCc1nc2ccccc2n1CCCCC(C)O. The second-order valence-electron chi connectivity index (χ2n) is 4.87. The molecule has 0 amide bonds. The van der Waals surface area contributed by atoms with Crippen LogP contribution in [0.4, 0.5) is 0 Å². The summed E-state index contributed by atoms with van der Waals surface area (Å²) in [5.74, 6) is 1.16. The molecule has 0 saturated heterocycles. The number of aliphatic hydroxyl groups is 1. The lowest BCUT2D eigenvalue weighted by Gasteiger charge is -2.08. The minimum Gasteiger partial charge on any atom is -0.393 e. The normalized spacial score (nSPS) is 13.1. The molecule has 0 spiro atoms. The van der Waals surface area contributed by atoms with E-state index in [0.29, 0.717) is 0 Å². The van der Waals surface area contributed by atoms with Crippen LogP contribution in [0, 0.1) is 0 Å². The third-order valence-electron chi connectivity index (χ3n) is 3.30. The molecule has 3 heteroatoms.